The van der Waals surface area contributed by atoms with Crippen LogP contribution in [0.15, 0.2) is 109 Å². The van der Waals surface area contributed by atoms with Crippen molar-refractivity contribution >= 4 is 11.4 Å². The zero-order chi connectivity index (χ0) is 28.5. The Bertz CT molecular complexity index is 1270. The van der Waals surface area contributed by atoms with Crippen molar-refractivity contribution in [1.29, 1.82) is 0 Å². The summed E-state index contributed by atoms with van der Waals surface area (Å²) < 4.78 is 0. The highest BCUT2D eigenvalue weighted by Gasteiger charge is 2.21. The SMILES string of the molecule is C[C@@H](c1ccccc1)N(CCN(Cc1ccc([N+](=O)[O-])cc1)[C@@H](C)c1ccccc1)Cc1ccc([N+](=O)[O-])cc1. The van der Waals surface area contributed by atoms with Crippen LogP contribution in [0.1, 0.15) is 48.2 Å². The molecule has 0 bridgehead atoms. The molecule has 0 saturated heterocycles. The van der Waals surface area contributed by atoms with Crippen molar-refractivity contribution < 1.29 is 9.85 Å². The van der Waals surface area contributed by atoms with Crippen LogP contribution in [-0.2, 0) is 13.1 Å². The molecular weight excluding hydrogens is 504 g/mol. The molecule has 206 valence electrons. The predicted molar refractivity (Wildman–Crippen MR) is 157 cm³/mol. The fraction of sp³-hybridized carbons (Fsp3) is 0.250. The van der Waals surface area contributed by atoms with Crippen LogP contribution in [0.4, 0.5) is 11.4 Å². The van der Waals surface area contributed by atoms with E-state index in [0.717, 1.165) is 24.2 Å². The van der Waals surface area contributed by atoms with E-state index in [1.165, 1.54) is 11.1 Å². The quantitative estimate of drug-likeness (QED) is 0.131. The van der Waals surface area contributed by atoms with E-state index in [1.807, 2.05) is 60.7 Å². The van der Waals surface area contributed by atoms with Gasteiger partial charge in [0.1, 0.15) is 0 Å². The number of rotatable bonds is 13. The van der Waals surface area contributed by atoms with Crippen molar-refractivity contribution in [2.45, 2.75) is 39.0 Å². The molecular formula is C32H34N4O4. The summed E-state index contributed by atoms with van der Waals surface area (Å²) in [6.45, 7) is 7.14. The normalized spacial score (nSPS) is 12.8. The number of benzene rings is 4. The van der Waals surface area contributed by atoms with Gasteiger partial charge in [0.2, 0.25) is 0 Å². The molecule has 40 heavy (non-hydrogen) atoms. The molecule has 0 heterocycles. The van der Waals surface area contributed by atoms with Gasteiger partial charge in [0.05, 0.1) is 9.85 Å². The zero-order valence-corrected chi connectivity index (χ0v) is 22.8. The minimum absolute atomic E-state index is 0.0809. The smallest absolute Gasteiger partial charge is 0.269 e. The molecule has 0 fully saturated rings. The van der Waals surface area contributed by atoms with E-state index >= 15 is 0 Å². The van der Waals surface area contributed by atoms with Crippen LogP contribution in [0.5, 0.6) is 0 Å². The van der Waals surface area contributed by atoms with E-state index in [1.54, 1.807) is 24.3 Å². The number of nitro groups is 2. The van der Waals surface area contributed by atoms with Crippen molar-refractivity contribution in [3.8, 4) is 0 Å². The molecule has 0 N–H and O–H groups in total. The van der Waals surface area contributed by atoms with Gasteiger partial charge in [-0.1, -0.05) is 84.9 Å². The van der Waals surface area contributed by atoms with Gasteiger partial charge in [-0.05, 0) is 36.1 Å². The minimum atomic E-state index is -0.380. The van der Waals surface area contributed by atoms with Gasteiger partial charge in [0.25, 0.3) is 11.4 Å². The Hall–Kier alpha value is -4.40. The van der Waals surface area contributed by atoms with E-state index in [-0.39, 0.29) is 33.3 Å². The Balaban J connectivity index is 1.58. The van der Waals surface area contributed by atoms with Crippen LogP contribution in [0.2, 0.25) is 0 Å². The molecule has 4 aromatic rings. The number of non-ortho nitro benzene ring substituents is 2. The molecule has 4 aromatic carbocycles. The second-order valence-corrected chi connectivity index (χ2v) is 9.96. The topological polar surface area (TPSA) is 92.8 Å². The van der Waals surface area contributed by atoms with E-state index in [4.69, 9.17) is 0 Å². The molecule has 0 unspecified atom stereocenters. The number of hydrogen-bond donors (Lipinski definition) is 0. The Morgan fingerprint density at radius 1 is 0.550 bits per heavy atom. The van der Waals surface area contributed by atoms with Crippen LogP contribution < -0.4 is 0 Å². The average Bonchev–Trinajstić information content (AvgIpc) is 2.99. The summed E-state index contributed by atoms with van der Waals surface area (Å²) in [6.07, 6.45) is 0. The van der Waals surface area contributed by atoms with E-state index in [0.29, 0.717) is 13.1 Å². The fourth-order valence-electron chi connectivity index (χ4n) is 4.88. The van der Waals surface area contributed by atoms with Crippen molar-refractivity contribution in [2.24, 2.45) is 0 Å². The van der Waals surface area contributed by atoms with Gasteiger partial charge in [-0.15, -0.1) is 0 Å². The molecule has 0 saturated carbocycles. The molecule has 0 amide bonds. The first-order valence-corrected chi connectivity index (χ1v) is 13.4. The molecule has 4 rings (SSSR count). The molecule has 0 aromatic heterocycles. The first-order valence-electron chi connectivity index (χ1n) is 13.4. The summed E-state index contributed by atoms with van der Waals surface area (Å²) in [6, 6.07) is 34.4. The summed E-state index contributed by atoms with van der Waals surface area (Å²) in [5, 5.41) is 22.3. The minimum Gasteiger partial charge on any atom is -0.291 e. The Labute approximate surface area is 234 Å². The lowest BCUT2D eigenvalue weighted by Gasteiger charge is -2.35. The predicted octanol–water partition coefficient (Wildman–Crippen LogP) is 7.33. The van der Waals surface area contributed by atoms with Crippen molar-refractivity contribution in [1.82, 2.24) is 9.80 Å². The standard InChI is InChI=1S/C32H34N4O4/c1-25(29-9-5-3-6-10-29)33(23-27-13-17-31(18-14-27)35(37)38)21-22-34(26(2)30-11-7-4-8-12-30)24-28-15-19-32(20-16-28)36(39)40/h3-20,25-26H,21-24H2,1-2H3/t25-,26-/m0/s1. The second-order valence-electron chi connectivity index (χ2n) is 9.96. The first-order chi connectivity index (χ1) is 19.3. The maximum atomic E-state index is 11.1. The molecule has 0 aliphatic heterocycles. The monoisotopic (exact) mass is 538 g/mol. The van der Waals surface area contributed by atoms with Gasteiger partial charge >= 0.3 is 0 Å². The average molecular weight is 539 g/mol. The third-order valence-electron chi connectivity index (χ3n) is 7.40. The fourth-order valence-corrected chi connectivity index (χ4v) is 4.88. The second kappa shape index (κ2) is 13.6. The molecule has 0 radical (unpaired) electrons. The summed E-state index contributed by atoms with van der Waals surface area (Å²) in [7, 11) is 0. The summed E-state index contributed by atoms with van der Waals surface area (Å²) >= 11 is 0. The van der Waals surface area contributed by atoms with Gasteiger partial charge in [-0.3, -0.25) is 30.0 Å². The maximum absolute atomic E-state index is 11.1. The van der Waals surface area contributed by atoms with Crippen molar-refractivity contribution in [2.75, 3.05) is 13.1 Å². The number of nitrogens with zero attached hydrogens (tertiary/aromatic N) is 4. The van der Waals surface area contributed by atoms with Gasteiger partial charge in [0.15, 0.2) is 0 Å². The Morgan fingerprint density at radius 3 is 1.18 bits per heavy atom. The van der Waals surface area contributed by atoms with Gasteiger partial charge in [-0.2, -0.15) is 0 Å². The molecule has 2 atom stereocenters. The molecule has 0 spiro atoms. The van der Waals surface area contributed by atoms with E-state index in [9.17, 15) is 20.2 Å². The Morgan fingerprint density at radius 2 is 0.875 bits per heavy atom. The molecule has 0 aliphatic rings. The maximum Gasteiger partial charge on any atom is 0.269 e. The largest absolute Gasteiger partial charge is 0.291 e. The number of nitro benzene ring substituents is 2. The molecule has 8 heteroatoms. The lowest BCUT2D eigenvalue weighted by atomic mass is 10.0. The number of hydrogen-bond acceptors (Lipinski definition) is 6. The van der Waals surface area contributed by atoms with Crippen LogP contribution >= 0.6 is 0 Å². The van der Waals surface area contributed by atoms with Gasteiger partial charge < -0.3 is 0 Å². The highest BCUT2D eigenvalue weighted by atomic mass is 16.6. The van der Waals surface area contributed by atoms with Crippen molar-refractivity contribution in [3.05, 3.63) is 152 Å². The zero-order valence-electron chi connectivity index (χ0n) is 22.8. The van der Waals surface area contributed by atoms with E-state index < -0.39 is 0 Å². The van der Waals surface area contributed by atoms with Crippen LogP contribution in [0, 0.1) is 20.2 Å². The van der Waals surface area contributed by atoms with E-state index in [2.05, 4.69) is 47.9 Å². The van der Waals surface area contributed by atoms with Crippen LogP contribution in [0.3, 0.4) is 0 Å². The molecule has 0 aliphatic carbocycles. The summed E-state index contributed by atoms with van der Waals surface area (Å²) in [5.41, 5.74) is 4.57. The highest BCUT2D eigenvalue weighted by molar-refractivity contribution is 5.34. The van der Waals surface area contributed by atoms with Crippen LogP contribution in [-0.4, -0.2) is 32.7 Å². The van der Waals surface area contributed by atoms with Gasteiger partial charge in [0, 0.05) is 62.5 Å². The third kappa shape index (κ3) is 7.59. The Kier molecular flexibility index (Phi) is 9.72. The summed E-state index contributed by atoms with van der Waals surface area (Å²) in [5.74, 6) is 0. The van der Waals surface area contributed by atoms with Gasteiger partial charge in [-0.25, -0.2) is 0 Å². The highest BCUT2D eigenvalue weighted by Crippen LogP contribution is 2.26. The van der Waals surface area contributed by atoms with Crippen LogP contribution in [0.25, 0.3) is 0 Å². The third-order valence-corrected chi connectivity index (χ3v) is 7.40. The molecule has 8 nitrogen and oxygen atoms in total. The van der Waals surface area contributed by atoms with Crippen molar-refractivity contribution in [3.63, 3.8) is 0 Å². The lowest BCUT2D eigenvalue weighted by Crippen LogP contribution is -2.37. The summed E-state index contributed by atoms with van der Waals surface area (Å²) in [4.78, 5) is 26.3. The first kappa shape index (κ1) is 28.6. The lowest BCUT2D eigenvalue weighted by molar-refractivity contribution is -0.385.